The van der Waals surface area contributed by atoms with Crippen molar-refractivity contribution in [2.24, 2.45) is 0 Å². The van der Waals surface area contributed by atoms with Crippen molar-refractivity contribution in [2.45, 2.75) is 6.42 Å². The van der Waals surface area contributed by atoms with Gasteiger partial charge in [-0.3, -0.25) is 19.1 Å². The van der Waals surface area contributed by atoms with Gasteiger partial charge in [-0.15, -0.1) is 0 Å². The minimum absolute atomic E-state index is 0.228. The fraction of sp³-hybridized carbons (Fsp3) is 0.909. The minimum Gasteiger partial charge on any atom is -0.464 e. The Morgan fingerprint density at radius 2 is 1.70 bits per heavy atom. The van der Waals surface area contributed by atoms with E-state index in [2.05, 4.69) is 17.5 Å². The van der Waals surface area contributed by atoms with Gasteiger partial charge < -0.3 is 4.74 Å². The maximum Gasteiger partial charge on any atom is 0.306 e. The van der Waals surface area contributed by atoms with Gasteiger partial charge in [0, 0.05) is 45.0 Å². The number of nitrogens with zero attached hydrogens (tertiary/aromatic N) is 2. The third kappa shape index (κ3) is 8.05. The molecule has 1 aliphatic rings. The molecule has 1 N–H and O–H groups in total. The predicted molar refractivity (Wildman–Crippen MR) is 78.7 cm³/mol. The van der Waals surface area contributed by atoms with Gasteiger partial charge in [0.15, 0.2) is 0 Å². The lowest BCUT2D eigenvalue weighted by Crippen LogP contribution is -2.48. The summed E-state index contributed by atoms with van der Waals surface area (Å²) in [6.45, 7) is 4.51. The van der Waals surface area contributed by atoms with Gasteiger partial charge in [-0.05, 0) is 0 Å². The van der Waals surface area contributed by atoms with Gasteiger partial charge in [-0.25, -0.2) is 0 Å². The largest absolute Gasteiger partial charge is 0.464 e. The number of piperazine rings is 1. The highest BCUT2D eigenvalue weighted by molar-refractivity contribution is 7.85. The molecule has 20 heavy (non-hydrogen) atoms. The van der Waals surface area contributed by atoms with Crippen LogP contribution in [0.4, 0.5) is 0 Å². The van der Waals surface area contributed by atoms with Gasteiger partial charge in [-0.1, -0.05) is 0 Å². The second-order valence-electron chi connectivity index (χ2n) is 4.66. The van der Waals surface area contributed by atoms with E-state index in [1.165, 1.54) is 0 Å². The van der Waals surface area contributed by atoms with Gasteiger partial charge in [0.05, 0.1) is 12.2 Å². The Bertz CT molecular complexity index is 394. The molecule has 0 amide bonds. The monoisotopic (exact) mass is 326 g/mol. The molecule has 0 saturated carbocycles. The summed E-state index contributed by atoms with van der Waals surface area (Å²) in [5.74, 6) is 0.0337. The number of thiol groups is 1. The fourth-order valence-electron chi connectivity index (χ4n) is 1.93. The predicted octanol–water partition coefficient (Wildman–Crippen LogP) is -0.645. The van der Waals surface area contributed by atoms with Crippen molar-refractivity contribution in [2.75, 3.05) is 57.4 Å². The van der Waals surface area contributed by atoms with E-state index in [-0.39, 0.29) is 11.7 Å². The molecule has 1 saturated heterocycles. The SMILES string of the molecule is O=C(CCS)OCCN1CCN(CCS(=O)(=O)O)CC1. The molecule has 0 radical (unpaired) electrons. The lowest BCUT2D eigenvalue weighted by atomic mass is 10.3. The molecule has 0 unspecified atom stereocenters. The Morgan fingerprint density at radius 3 is 2.20 bits per heavy atom. The van der Waals surface area contributed by atoms with Gasteiger partial charge in [0.1, 0.15) is 6.61 Å². The van der Waals surface area contributed by atoms with Crippen molar-refractivity contribution in [3.63, 3.8) is 0 Å². The molecule has 1 heterocycles. The first-order valence-electron chi connectivity index (χ1n) is 6.57. The van der Waals surface area contributed by atoms with Crippen LogP contribution in [0.5, 0.6) is 0 Å². The molecule has 0 aromatic heterocycles. The van der Waals surface area contributed by atoms with Crippen molar-refractivity contribution in [1.82, 2.24) is 9.80 Å². The summed E-state index contributed by atoms with van der Waals surface area (Å²) in [5.41, 5.74) is 0. The number of esters is 1. The maximum atomic E-state index is 11.1. The zero-order valence-corrected chi connectivity index (χ0v) is 13.1. The second kappa shape index (κ2) is 8.83. The highest BCUT2D eigenvalue weighted by Gasteiger charge is 2.18. The van der Waals surface area contributed by atoms with Crippen molar-refractivity contribution in [1.29, 1.82) is 0 Å². The Labute approximate surface area is 125 Å². The quantitative estimate of drug-likeness (QED) is 0.348. The molecule has 1 rings (SSSR count). The van der Waals surface area contributed by atoms with Gasteiger partial charge in [-0.2, -0.15) is 21.0 Å². The first-order chi connectivity index (χ1) is 9.40. The number of carbonyl (C=O) groups is 1. The lowest BCUT2D eigenvalue weighted by molar-refractivity contribution is -0.143. The Hall–Kier alpha value is -0.350. The van der Waals surface area contributed by atoms with Gasteiger partial charge in [0.2, 0.25) is 0 Å². The molecule has 0 atom stereocenters. The third-order valence-corrected chi connectivity index (χ3v) is 4.04. The lowest BCUT2D eigenvalue weighted by Gasteiger charge is -2.34. The molecule has 0 bridgehead atoms. The Morgan fingerprint density at radius 1 is 1.15 bits per heavy atom. The normalized spacial score (nSPS) is 18.1. The smallest absolute Gasteiger partial charge is 0.306 e. The van der Waals surface area contributed by atoms with E-state index in [9.17, 15) is 13.2 Å². The Kier molecular flexibility index (Phi) is 7.82. The molecular formula is C11H22N2O5S2. The summed E-state index contributed by atoms with van der Waals surface area (Å²) in [6, 6.07) is 0. The first-order valence-corrected chi connectivity index (χ1v) is 8.81. The van der Waals surface area contributed by atoms with Gasteiger partial charge in [0.25, 0.3) is 10.1 Å². The maximum absolute atomic E-state index is 11.1. The molecular weight excluding hydrogens is 304 g/mol. The number of ether oxygens (including phenoxy) is 1. The zero-order valence-electron chi connectivity index (χ0n) is 11.4. The molecule has 0 aliphatic carbocycles. The minimum atomic E-state index is -3.89. The van der Waals surface area contributed by atoms with E-state index in [1.54, 1.807) is 0 Å². The number of hydrogen-bond donors (Lipinski definition) is 2. The van der Waals surface area contributed by atoms with Crippen LogP contribution in [0, 0.1) is 0 Å². The van der Waals surface area contributed by atoms with Crippen molar-refractivity contribution in [3.05, 3.63) is 0 Å². The molecule has 0 spiro atoms. The highest BCUT2D eigenvalue weighted by Crippen LogP contribution is 2.02. The summed E-state index contributed by atoms with van der Waals surface area (Å²) in [6.07, 6.45) is 0.326. The van der Waals surface area contributed by atoms with Crippen LogP contribution in [-0.4, -0.2) is 86.1 Å². The summed E-state index contributed by atoms with van der Waals surface area (Å²) in [4.78, 5) is 15.3. The van der Waals surface area contributed by atoms with Crippen LogP contribution in [0.1, 0.15) is 6.42 Å². The summed E-state index contributed by atoms with van der Waals surface area (Å²) in [7, 11) is -3.89. The summed E-state index contributed by atoms with van der Waals surface area (Å²) in [5, 5.41) is 0. The van der Waals surface area contributed by atoms with E-state index in [4.69, 9.17) is 9.29 Å². The third-order valence-electron chi connectivity index (χ3n) is 3.12. The van der Waals surface area contributed by atoms with Crippen molar-refractivity contribution < 1.29 is 22.5 Å². The van der Waals surface area contributed by atoms with Crippen LogP contribution in [0.3, 0.4) is 0 Å². The Balaban J connectivity index is 2.11. The van der Waals surface area contributed by atoms with Crippen LogP contribution in [0.15, 0.2) is 0 Å². The number of rotatable bonds is 8. The van der Waals surface area contributed by atoms with E-state index in [1.807, 2.05) is 4.90 Å². The van der Waals surface area contributed by atoms with E-state index >= 15 is 0 Å². The topological polar surface area (TPSA) is 87.2 Å². The highest BCUT2D eigenvalue weighted by atomic mass is 32.2. The van der Waals surface area contributed by atoms with E-state index in [0.717, 1.165) is 26.2 Å². The van der Waals surface area contributed by atoms with Crippen molar-refractivity contribution in [3.8, 4) is 0 Å². The van der Waals surface area contributed by atoms with Crippen LogP contribution < -0.4 is 0 Å². The zero-order chi connectivity index (χ0) is 15.0. The van der Waals surface area contributed by atoms with E-state index in [0.29, 0.717) is 31.9 Å². The molecule has 0 aromatic carbocycles. The van der Waals surface area contributed by atoms with Crippen LogP contribution in [0.2, 0.25) is 0 Å². The van der Waals surface area contributed by atoms with Crippen LogP contribution >= 0.6 is 12.6 Å². The van der Waals surface area contributed by atoms with E-state index < -0.39 is 10.1 Å². The standard InChI is InChI=1S/C11H22N2O5S2/c14-11(1-9-19)18-8-6-12-2-4-13(5-3-12)7-10-20(15,16)17/h19H,1-10H2,(H,15,16,17). The molecule has 0 aromatic rings. The fourth-order valence-corrected chi connectivity index (χ4v) is 2.60. The molecule has 1 fully saturated rings. The van der Waals surface area contributed by atoms with Crippen molar-refractivity contribution >= 4 is 28.7 Å². The molecule has 118 valence electrons. The number of hydrogen-bond acceptors (Lipinski definition) is 7. The van der Waals surface area contributed by atoms with Gasteiger partial charge >= 0.3 is 5.97 Å². The molecule has 7 nitrogen and oxygen atoms in total. The average Bonchev–Trinajstić information content (AvgIpc) is 2.37. The first kappa shape index (κ1) is 17.7. The van der Waals surface area contributed by atoms with Crippen LogP contribution in [0.25, 0.3) is 0 Å². The summed E-state index contributed by atoms with van der Waals surface area (Å²) < 4.78 is 35.1. The average molecular weight is 326 g/mol. The second-order valence-corrected chi connectivity index (χ2v) is 6.68. The number of carbonyl (C=O) groups excluding carboxylic acids is 1. The molecule has 9 heteroatoms. The van der Waals surface area contributed by atoms with Crippen LogP contribution in [-0.2, 0) is 19.6 Å². The molecule has 1 aliphatic heterocycles. The summed E-state index contributed by atoms with van der Waals surface area (Å²) >= 11 is 3.96.